The van der Waals surface area contributed by atoms with Gasteiger partial charge in [0.15, 0.2) is 0 Å². The summed E-state index contributed by atoms with van der Waals surface area (Å²) in [5, 5.41) is 0. The molecule has 0 atom stereocenters. The lowest BCUT2D eigenvalue weighted by atomic mass is 9.64. The third-order valence-corrected chi connectivity index (χ3v) is 3.16. The molecule has 1 aromatic rings. The van der Waals surface area contributed by atoms with Gasteiger partial charge in [0.1, 0.15) is 4.60 Å². The Balaban J connectivity index is 1.87. The van der Waals surface area contributed by atoms with Gasteiger partial charge in [-0.2, -0.15) is 0 Å². The first-order chi connectivity index (χ1) is 6.05. The molecular formula is C10H15BrN2. The summed E-state index contributed by atoms with van der Waals surface area (Å²) in [7, 11) is 0. The molecule has 0 aliphatic heterocycles. The third kappa shape index (κ3) is 2.13. The quantitative estimate of drug-likeness (QED) is 0.780. The van der Waals surface area contributed by atoms with Gasteiger partial charge >= 0.3 is 0 Å². The molecule has 0 N–H and O–H groups in total. The molecule has 1 aliphatic rings. The second-order valence-corrected chi connectivity index (χ2v) is 5.64. The van der Waals surface area contributed by atoms with Crippen molar-refractivity contribution in [3.8, 4) is 0 Å². The predicted molar refractivity (Wildman–Crippen MR) is 56.4 cm³/mol. The highest BCUT2D eigenvalue weighted by atomic mass is 79.9. The van der Waals surface area contributed by atoms with Gasteiger partial charge in [-0.15, -0.1) is 0 Å². The van der Waals surface area contributed by atoms with E-state index in [9.17, 15) is 0 Å². The van der Waals surface area contributed by atoms with Crippen molar-refractivity contribution in [3.05, 3.63) is 17.1 Å². The van der Waals surface area contributed by atoms with Crippen molar-refractivity contribution in [1.29, 1.82) is 0 Å². The van der Waals surface area contributed by atoms with Gasteiger partial charge in [0.25, 0.3) is 0 Å². The predicted octanol–water partition coefficient (Wildman–Crippen LogP) is 3.08. The molecule has 2 rings (SSSR count). The summed E-state index contributed by atoms with van der Waals surface area (Å²) in [6.07, 6.45) is 6.65. The Labute approximate surface area is 87.5 Å². The number of hydrogen-bond acceptors (Lipinski definition) is 1. The van der Waals surface area contributed by atoms with Gasteiger partial charge in [-0.25, -0.2) is 4.98 Å². The van der Waals surface area contributed by atoms with Crippen molar-refractivity contribution >= 4 is 15.9 Å². The van der Waals surface area contributed by atoms with Gasteiger partial charge in [-0.3, -0.25) is 0 Å². The zero-order valence-corrected chi connectivity index (χ0v) is 9.71. The van der Waals surface area contributed by atoms with Gasteiger partial charge in [0.05, 0.1) is 6.33 Å². The third-order valence-electron chi connectivity index (χ3n) is 2.75. The molecule has 1 aromatic heterocycles. The number of aromatic nitrogens is 2. The number of halogens is 1. The molecule has 3 heteroatoms. The summed E-state index contributed by atoms with van der Waals surface area (Å²) in [5.74, 6) is 0.857. The highest BCUT2D eigenvalue weighted by molar-refractivity contribution is 9.10. The standard InChI is InChI=1S/C10H15BrN2/c1-10(2)3-8(4-10)5-13-6-9(11)12-7-13/h6-8H,3-5H2,1-2H3. The zero-order chi connectivity index (χ0) is 9.47. The fourth-order valence-corrected chi connectivity index (χ4v) is 2.72. The fourth-order valence-electron chi connectivity index (χ4n) is 2.36. The van der Waals surface area contributed by atoms with Crippen LogP contribution in [-0.4, -0.2) is 9.55 Å². The van der Waals surface area contributed by atoms with Crippen LogP contribution in [0.2, 0.25) is 0 Å². The molecule has 0 unspecified atom stereocenters. The van der Waals surface area contributed by atoms with E-state index in [0.29, 0.717) is 5.41 Å². The monoisotopic (exact) mass is 242 g/mol. The van der Waals surface area contributed by atoms with E-state index >= 15 is 0 Å². The molecule has 13 heavy (non-hydrogen) atoms. The first kappa shape index (κ1) is 9.25. The van der Waals surface area contributed by atoms with E-state index in [1.54, 1.807) is 0 Å². The minimum absolute atomic E-state index is 0.586. The fraction of sp³-hybridized carbons (Fsp3) is 0.700. The SMILES string of the molecule is CC1(C)CC(Cn2cnc(Br)c2)C1. The first-order valence-corrected chi connectivity index (χ1v) is 5.52. The average molecular weight is 243 g/mol. The van der Waals surface area contributed by atoms with Gasteiger partial charge < -0.3 is 4.57 Å². The Bertz CT molecular complexity index is 296. The molecule has 1 fully saturated rings. The molecular weight excluding hydrogens is 228 g/mol. The number of imidazole rings is 1. The molecule has 1 heterocycles. The lowest BCUT2D eigenvalue weighted by Gasteiger charge is -2.42. The summed E-state index contributed by atoms with van der Waals surface area (Å²) in [4.78, 5) is 4.14. The maximum Gasteiger partial charge on any atom is 0.124 e. The largest absolute Gasteiger partial charge is 0.336 e. The van der Waals surface area contributed by atoms with Crippen LogP contribution in [0, 0.1) is 11.3 Å². The van der Waals surface area contributed by atoms with Gasteiger partial charge in [-0.05, 0) is 40.1 Å². The van der Waals surface area contributed by atoms with E-state index in [-0.39, 0.29) is 0 Å². The summed E-state index contributed by atoms with van der Waals surface area (Å²) in [5.41, 5.74) is 0.586. The van der Waals surface area contributed by atoms with Crippen LogP contribution in [0.25, 0.3) is 0 Å². The van der Waals surface area contributed by atoms with E-state index < -0.39 is 0 Å². The molecule has 0 saturated heterocycles. The average Bonchev–Trinajstić information content (AvgIpc) is 2.31. The molecule has 0 spiro atoms. The van der Waals surface area contributed by atoms with Crippen LogP contribution in [0.1, 0.15) is 26.7 Å². The van der Waals surface area contributed by atoms with Crippen LogP contribution in [0.3, 0.4) is 0 Å². The maximum atomic E-state index is 4.14. The molecule has 72 valence electrons. The highest BCUT2D eigenvalue weighted by Crippen LogP contribution is 2.45. The minimum atomic E-state index is 0.586. The van der Waals surface area contributed by atoms with Crippen molar-refractivity contribution in [3.63, 3.8) is 0 Å². The number of hydrogen-bond donors (Lipinski definition) is 0. The first-order valence-electron chi connectivity index (χ1n) is 4.72. The van der Waals surface area contributed by atoms with Crippen molar-refractivity contribution in [2.45, 2.75) is 33.2 Å². The van der Waals surface area contributed by atoms with Crippen LogP contribution in [0.4, 0.5) is 0 Å². The summed E-state index contributed by atoms with van der Waals surface area (Å²) < 4.78 is 3.11. The maximum absolute atomic E-state index is 4.14. The van der Waals surface area contributed by atoms with Gasteiger partial charge in [0, 0.05) is 12.7 Å². The van der Waals surface area contributed by atoms with E-state index in [1.807, 2.05) is 12.5 Å². The van der Waals surface area contributed by atoms with E-state index in [0.717, 1.165) is 17.1 Å². The second kappa shape index (κ2) is 3.12. The summed E-state index contributed by atoms with van der Waals surface area (Å²) in [6, 6.07) is 0. The molecule has 0 radical (unpaired) electrons. The Hall–Kier alpha value is -0.310. The summed E-state index contributed by atoms with van der Waals surface area (Å²) in [6.45, 7) is 5.81. The Morgan fingerprint density at radius 2 is 2.31 bits per heavy atom. The lowest BCUT2D eigenvalue weighted by Crippen LogP contribution is -2.33. The molecule has 2 nitrogen and oxygen atoms in total. The van der Waals surface area contributed by atoms with Crippen LogP contribution in [0.5, 0.6) is 0 Å². The van der Waals surface area contributed by atoms with Crippen LogP contribution in [-0.2, 0) is 6.54 Å². The number of rotatable bonds is 2. The molecule has 0 aromatic carbocycles. The topological polar surface area (TPSA) is 17.8 Å². The molecule has 1 saturated carbocycles. The molecule has 0 amide bonds. The second-order valence-electron chi connectivity index (χ2n) is 4.83. The Kier molecular flexibility index (Phi) is 2.22. The lowest BCUT2D eigenvalue weighted by molar-refractivity contribution is 0.0829. The van der Waals surface area contributed by atoms with E-state index in [2.05, 4.69) is 39.3 Å². The van der Waals surface area contributed by atoms with Crippen molar-refractivity contribution in [1.82, 2.24) is 9.55 Å². The smallest absolute Gasteiger partial charge is 0.124 e. The van der Waals surface area contributed by atoms with Crippen LogP contribution >= 0.6 is 15.9 Å². The highest BCUT2D eigenvalue weighted by Gasteiger charge is 2.35. The summed E-state index contributed by atoms with van der Waals surface area (Å²) >= 11 is 3.35. The zero-order valence-electron chi connectivity index (χ0n) is 8.13. The normalized spacial score (nSPS) is 21.5. The van der Waals surface area contributed by atoms with Gasteiger partial charge in [0.2, 0.25) is 0 Å². The molecule has 0 bridgehead atoms. The minimum Gasteiger partial charge on any atom is -0.336 e. The Morgan fingerprint density at radius 1 is 1.62 bits per heavy atom. The van der Waals surface area contributed by atoms with Crippen LogP contribution < -0.4 is 0 Å². The van der Waals surface area contributed by atoms with E-state index in [1.165, 1.54) is 12.8 Å². The van der Waals surface area contributed by atoms with Crippen molar-refractivity contribution < 1.29 is 0 Å². The number of nitrogens with zero attached hydrogens (tertiary/aromatic N) is 2. The van der Waals surface area contributed by atoms with E-state index in [4.69, 9.17) is 0 Å². The van der Waals surface area contributed by atoms with Crippen molar-refractivity contribution in [2.24, 2.45) is 11.3 Å². The van der Waals surface area contributed by atoms with Gasteiger partial charge in [-0.1, -0.05) is 13.8 Å². The van der Waals surface area contributed by atoms with Crippen molar-refractivity contribution in [2.75, 3.05) is 0 Å². The molecule has 1 aliphatic carbocycles. The van der Waals surface area contributed by atoms with Crippen LogP contribution in [0.15, 0.2) is 17.1 Å². The Morgan fingerprint density at radius 3 is 2.77 bits per heavy atom.